The first-order chi connectivity index (χ1) is 8.65. The van der Waals surface area contributed by atoms with Gasteiger partial charge in [-0.2, -0.15) is 0 Å². The van der Waals surface area contributed by atoms with Crippen LogP contribution in [-0.4, -0.2) is 18.0 Å². The zero-order valence-electron chi connectivity index (χ0n) is 10.3. The number of ketones is 1. The van der Waals surface area contributed by atoms with Gasteiger partial charge in [0.15, 0.2) is 5.78 Å². The molecule has 0 unspecified atom stereocenters. The number of hydrogen-bond acceptors (Lipinski definition) is 3. The highest BCUT2D eigenvalue weighted by molar-refractivity contribution is 6.11. The predicted molar refractivity (Wildman–Crippen MR) is 69.3 cm³/mol. The highest BCUT2D eigenvalue weighted by Crippen LogP contribution is 2.31. The molecule has 0 aliphatic heterocycles. The summed E-state index contributed by atoms with van der Waals surface area (Å²) in [6.07, 6.45) is 0. The molecule has 0 aliphatic carbocycles. The Kier molecular flexibility index (Phi) is 3.33. The van der Waals surface area contributed by atoms with Crippen molar-refractivity contribution in [1.29, 1.82) is 0 Å². The molecule has 2 aromatic rings. The van der Waals surface area contributed by atoms with Crippen LogP contribution in [0.2, 0.25) is 0 Å². The zero-order chi connectivity index (χ0) is 13.1. The summed E-state index contributed by atoms with van der Waals surface area (Å²) in [6, 6.07) is 12.1. The van der Waals surface area contributed by atoms with Crippen molar-refractivity contribution in [1.82, 2.24) is 0 Å². The van der Waals surface area contributed by atoms with E-state index in [9.17, 15) is 9.90 Å². The molecule has 0 atom stereocenters. The van der Waals surface area contributed by atoms with E-state index in [1.54, 1.807) is 43.3 Å². The van der Waals surface area contributed by atoms with Gasteiger partial charge in [0.2, 0.25) is 0 Å². The van der Waals surface area contributed by atoms with Gasteiger partial charge in [-0.25, -0.2) is 0 Å². The van der Waals surface area contributed by atoms with Crippen LogP contribution in [0.5, 0.6) is 11.5 Å². The molecule has 1 N–H and O–H groups in total. The van der Waals surface area contributed by atoms with Gasteiger partial charge in [-0.1, -0.05) is 30.3 Å². The molecule has 92 valence electrons. The maximum absolute atomic E-state index is 12.2. The van der Waals surface area contributed by atoms with Crippen molar-refractivity contribution in [3.63, 3.8) is 0 Å². The lowest BCUT2D eigenvalue weighted by atomic mass is 10.00. The second-order valence-corrected chi connectivity index (χ2v) is 3.98. The third kappa shape index (κ3) is 2.07. The zero-order valence-corrected chi connectivity index (χ0v) is 10.3. The summed E-state index contributed by atoms with van der Waals surface area (Å²) in [5, 5.41) is 10.0. The van der Waals surface area contributed by atoms with Crippen LogP contribution >= 0.6 is 0 Å². The molecule has 3 heteroatoms. The van der Waals surface area contributed by atoms with Crippen LogP contribution in [0.1, 0.15) is 21.5 Å². The van der Waals surface area contributed by atoms with E-state index in [4.69, 9.17) is 4.74 Å². The average Bonchev–Trinajstić information content (AvgIpc) is 2.42. The number of carbonyl (C=O) groups excluding carboxylic acids is 1. The van der Waals surface area contributed by atoms with Crippen LogP contribution in [0.15, 0.2) is 42.5 Å². The Bertz CT molecular complexity index is 574. The average molecular weight is 242 g/mol. The molecule has 0 saturated heterocycles. The summed E-state index contributed by atoms with van der Waals surface area (Å²) in [5.41, 5.74) is 1.41. The minimum absolute atomic E-state index is 0.0248. The standard InChI is InChI=1S/C15H14O3/c1-10-13(18-2)9-8-12(14(10)16)15(17)11-6-4-3-5-7-11/h3-9,16H,1-2H3. The summed E-state index contributed by atoms with van der Waals surface area (Å²) in [4.78, 5) is 12.2. The molecule has 3 nitrogen and oxygen atoms in total. The molecule has 2 rings (SSSR count). The summed E-state index contributed by atoms with van der Waals surface area (Å²) in [7, 11) is 1.53. The Morgan fingerprint density at radius 2 is 1.78 bits per heavy atom. The lowest BCUT2D eigenvalue weighted by Gasteiger charge is -2.10. The molecular weight excluding hydrogens is 228 g/mol. The number of phenols is 1. The van der Waals surface area contributed by atoms with Crippen molar-refractivity contribution >= 4 is 5.78 Å². The number of phenolic OH excluding ortho intramolecular Hbond substituents is 1. The predicted octanol–water partition coefficient (Wildman–Crippen LogP) is 2.94. The fraction of sp³-hybridized carbons (Fsp3) is 0.133. The topological polar surface area (TPSA) is 46.5 Å². The molecule has 0 fully saturated rings. The van der Waals surface area contributed by atoms with Crippen LogP contribution in [0.3, 0.4) is 0 Å². The number of rotatable bonds is 3. The van der Waals surface area contributed by atoms with Crippen LogP contribution in [-0.2, 0) is 0 Å². The highest BCUT2D eigenvalue weighted by Gasteiger charge is 2.16. The van der Waals surface area contributed by atoms with E-state index >= 15 is 0 Å². The van der Waals surface area contributed by atoms with E-state index in [0.29, 0.717) is 22.4 Å². The summed E-state index contributed by atoms with van der Waals surface area (Å²) in [6.45, 7) is 1.72. The van der Waals surface area contributed by atoms with Gasteiger partial charge >= 0.3 is 0 Å². The summed E-state index contributed by atoms with van der Waals surface area (Å²) in [5.74, 6) is 0.346. The number of benzene rings is 2. The lowest BCUT2D eigenvalue weighted by Crippen LogP contribution is -2.02. The Morgan fingerprint density at radius 3 is 2.39 bits per heavy atom. The number of aromatic hydroxyl groups is 1. The second kappa shape index (κ2) is 4.92. The fourth-order valence-electron chi connectivity index (χ4n) is 1.83. The van der Waals surface area contributed by atoms with Crippen molar-refractivity contribution in [3.8, 4) is 11.5 Å². The molecule has 0 aliphatic rings. The largest absolute Gasteiger partial charge is 0.507 e. The SMILES string of the molecule is COc1ccc(C(=O)c2ccccc2)c(O)c1C. The van der Waals surface area contributed by atoms with E-state index in [-0.39, 0.29) is 11.5 Å². The number of hydrogen-bond donors (Lipinski definition) is 1. The molecule has 18 heavy (non-hydrogen) atoms. The van der Waals surface area contributed by atoms with E-state index in [1.807, 2.05) is 6.07 Å². The minimum Gasteiger partial charge on any atom is -0.507 e. The van der Waals surface area contributed by atoms with Crippen molar-refractivity contribution in [2.75, 3.05) is 7.11 Å². The molecule has 0 spiro atoms. The van der Waals surface area contributed by atoms with Gasteiger partial charge in [0.1, 0.15) is 11.5 Å². The van der Waals surface area contributed by atoms with Gasteiger partial charge in [-0.05, 0) is 19.1 Å². The monoisotopic (exact) mass is 242 g/mol. The van der Waals surface area contributed by atoms with E-state index in [1.165, 1.54) is 7.11 Å². The van der Waals surface area contributed by atoms with Crippen molar-refractivity contribution in [2.24, 2.45) is 0 Å². The molecule has 0 aromatic heterocycles. The fourth-order valence-corrected chi connectivity index (χ4v) is 1.83. The van der Waals surface area contributed by atoms with Gasteiger partial charge in [-0.3, -0.25) is 4.79 Å². The van der Waals surface area contributed by atoms with Crippen LogP contribution in [0.4, 0.5) is 0 Å². The van der Waals surface area contributed by atoms with Crippen molar-refractivity contribution in [3.05, 3.63) is 59.2 Å². The Labute approximate surface area is 106 Å². The first-order valence-electron chi connectivity index (χ1n) is 5.61. The number of carbonyl (C=O) groups is 1. The molecule has 2 aromatic carbocycles. The summed E-state index contributed by atoms with van der Waals surface area (Å²) < 4.78 is 5.09. The molecule has 0 heterocycles. The van der Waals surface area contributed by atoms with Gasteiger partial charge < -0.3 is 9.84 Å². The quantitative estimate of drug-likeness (QED) is 0.842. The molecule has 0 saturated carbocycles. The Balaban J connectivity index is 2.47. The third-order valence-electron chi connectivity index (χ3n) is 2.88. The van der Waals surface area contributed by atoms with Gasteiger partial charge in [0, 0.05) is 11.1 Å². The number of methoxy groups -OCH3 is 1. The second-order valence-electron chi connectivity index (χ2n) is 3.98. The normalized spacial score (nSPS) is 10.1. The van der Waals surface area contributed by atoms with Crippen LogP contribution < -0.4 is 4.74 Å². The maximum Gasteiger partial charge on any atom is 0.196 e. The van der Waals surface area contributed by atoms with Crippen LogP contribution in [0, 0.1) is 6.92 Å². The number of ether oxygens (including phenoxy) is 1. The molecule has 0 amide bonds. The first kappa shape index (κ1) is 12.2. The molecule has 0 bridgehead atoms. The Morgan fingerprint density at radius 1 is 1.11 bits per heavy atom. The first-order valence-corrected chi connectivity index (χ1v) is 5.61. The van der Waals surface area contributed by atoms with Crippen LogP contribution in [0.25, 0.3) is 0 Å². The maximum atomic E-state index is 12.2. The summed E-state index contributed by atoms with van der Waals surface area (Å²) >= 11 is 0. The smallest absolute Gasteiger partial charge is 0.196 e. The molecule has 0 radical (unpaired) electrons. The van der Waals surface area contributed by atoms with E-state index < -0.39 is 0 Å². The minimum atomic E-state index is -0.196. The Hall–Kier alpha value is -2.29. The van der Waals surface area contributed by atoms with Gasteiger partial charge in [-0.15, -0.1) is 0 Å². The van der Waals surface area contributed by atoms with E-state index in [2.05, 4.69) is 0 Å². The molecular formula is C15H14O3. The highest BCUT2D eigenvalue weighted by atomic mass is 16.5. The van der Waals surface area contributed by atoms with Crippen molar-refractivity contribution < 1.29 is 14.6 Å². The van der Waals surface area contributed by atoms with Gasteiger partial charge in [0.25, 0.3) is 0 Å². The third-order valence-corrected chi connectivity index (χ3v) is 2.88. The lowest BCUT2D eigenvalue weighted by molar-refractivity contribution is 0.103. The van der Waals surface area contributed by atoms with Crippen molar-refractivity contribution in [2.45, 2.75) is 6.92 Å². The van der Waals surface area contributed by atoms with E-state index in [0.717, 1.165) is 0 Å². The van der Waals surface area contributed by atoms with Gasteiger partial charge in [0.05, 0.1) is 12.7 Å².